The summed E-state index contributed by atoms with van der Waals surface area (Å²) in [7, 11) is 0. The molecule has 0 atom stereocenters. The molecule has 0 saturated heterocycles. The molecule has 5 rings (SSSR count). The highest BCUT2D eigenvalue weighted by Crippen LogP contribution is 2.57. The van der Waals surface area contributed by atoms with Crippen LogP contribution in [0.1, 0.15) is 63.9 Å². The third-order valence-electron chi connectivity index (χ3n) is 6.12. The number of hydrogen-bond donors (Lipinski definition) is 0. The zero-order valence-electron chi connectivity index (χ0n) is 13.9. The Morgan fingerprint density at radius 3 is 2.00 bits per heavy atom. The summed E-state index contributed by atoms with van der Waals surface area (Å²) < 4.78 is 12.2. The lowest BCUT2D eigenvalue weighted by molar-refractivity contribution is -0.190. The molecule has 0 heterocycles. The van der Waals surface area contributed by atoms with Gasteiger partial charge in [-0.15, -0.1) is 0 Å². The summed E-state index contributed by atoms with van der Waals surface area (Å²) >= 11 is 0. The molecule has 0 radical (unpaired) electrons. The Hall–Kier alpha value is -1.02. The minimum Gasteiger partial charge on any atom is -0.468 e. The van der Waals surface area contributed by atoms with Crippen LogP contribution < -0.4 is 4.74 Å². The van der Waals surface area contributed by atoms with E-state index in [-0.39, 0.29) is 5.60 Å². The van der Waals surface area contributed by atoms with Crippen LogP contribution in [-0.2, 0) is 4.74 Å². The summed E-state index contributed by atoms with van der Waals surface area (Å²) in [5.74, 6) is 4.27. The van der Waals surface area contributed by atoms with Crippen molar-refractivity contribution in [3.05, 3.63) is 29.8 Å². The zero-order chi connectivity index (χ0) is 15.2. The van der Waals surface area contributed by atoms with Crippen molar-refractivity contribution < 1.29 is 9.47 Å². The van der Waals surface area contributed by atoms with Gasteiger partial charge in [0.05, 0.1) is 5.60 Å². The Balaban J connectivity index is 1.33. The molecule has 0 unspecified atom stereocenters. The maximum atomic E-state index is 6.30. The van der Waals surface area contributed by atoms with E-state index in [4.69, 9.17) is 9.47 Å². The molecular formula is C20H28O2. The molecule has 4 aliphatic rings. The van der Waals surface area contributed by atoms with Crippen molar-refractivity contribution in [2.75, 3.05) is 6.79 Å². The van der Waals surface area contributed by atoms with Crippen molar-refractivity contribution in [1.29, 1.82) is 0 Å². The maximum Gasteiger partial charge on any atom is 0.189 e. The van der Waals surface area contributed by atoms with Gasteiger partial charge < -0.3 is 9.47 Å². The molecule has 0 aromatic heterocycles. The number of ether oxygens (including phenoxy) is 2. The Morgan fingerprint density at radius 1 is 0.955 bits per heavy atom. The average molecular weight is 300 g/mol. The quantitative estimate of drug-likeness (QED) is 0.702. The fourth-order valence-corrected chi connectivity index (χ4v) is 5.38. The third-order valence-corrected chi connectivity index (χ3v) is 6.12. The van der Waals surface area contributed by atoms with E-state index in [0.29, 0.717) is 12.7 Å². The lowest BCUT2D eigenvalue weighted by atomic mass is 9.54. The van der Waals surface area contributed by atoms with Crippen LogP contribution in [-0.4, -0.2) is 12.4 Å². The van der Waals surface area contributed by atoms with Crippen LogP contribution in [0.3, 0.4) is 0 Å². The average Bonchev–Trinajstić information content (AvgIpc) is 2.46. The van der Waals surface area contributed by atoms with Crippen LogP contribution in [0.2, 0.25) is 0 Å². The highest BCUT2D eigenvalue weighted by atomic mass is 16.7. The first-order valence-electron chi connectivity index (χ1n) is 8.99. The summed E-state index contributed by atoms with van der Waals surface area (Å²) in [6.07, 6.45) is 8.19. The second-order valence-corrected chi connectivity index (χ2v) is 8.23. The molecule has 0 aliphatic heterocycles. The van der Waals surface area contributed by atoms with Crippen LogP contribution in [0, 0.1) is 17.8 Å². The fourth-order valence-electron chi connectivity index (χ4n) is 5.38. The van der Waals surface area contributed by atoms with Gasteiger partial charge in [0.15, 0.2) is 6.79 Å². The molecule has 4 bridgehead atoms. The second-order valence-electron chi connectivity index (χ2n) is 8.23. The van der Waals surface area contributed by atoms with E-state index in [1.54, 1.807) is 0 Å². The number of benzene rings is 1. The van der Waals surface area contributed by atoms with E-state index in [9.17, 15) is 0 Å². The van der Waals surface area contributed by atoms with E-state index in [2.05, 4.69) is 38.1 Å². The predicted octanol–water partition coefficient (Wildman–Crippen LogP) is 5.13. The molecule has 1 aromatic carbocycles. The van der Waals surface area contributed by atoms with Crippen molar-refractivity contribution in [3.63, 3.8) is 0 Å². The van der Waals surface area contributed by atoms with Gasteiger partial charge in [-0.3, -0.25) is 0 Å². The predicted molar refractivity (Wildman–Crippen MR) is 88.0 cm³/mol. The molecule has 0 spiro atoms. The van der Waals surface area contributed by atoms with E-state index >= 15 is 0 Å². The maximum absolute atomic E-state index is 6.30. The van der Waals surface area contributed by atoms with Gasteiger partial charge >= 0.3 is 0 Å². The van der Waals surface area contributed by atoms with Crippen LogP contribution in [0.5, 0.6) is 5.75 Å². The first kappa shape index (κ1) is 14.6. The lowest BCUT2D eigenvalue weighted by Gasteiger charge is -2.56. The van der Waals surface area contributed by atoms with Crippen molar-refractivity contribution in [3.8, 4) is 5.75 Å². The summed E-state index contributed by atoms with van der Waals surface area (Å²) in [5, 5.41) is 0. The molecule has 120 valence electrons. The summed E-state index contributed by atoms with van der Waals surface area (Å²) in [5.41, 5.74) is 1.50. The topological polar surface area (TPSA) is 18.5 Å². The molecule has 0 amide bonds. The van der Waals surface area contributed by atoms with Crippen LogP contribution in [0.4, 0.5) is 0 Å². The molecule has 22 heavy (non-hydrogen) atoms. The number of rotatable bonds is 5. The van der Waals surface area contributed by atoms with Gasteiger partial charge in [-0.1, -0.05) is 26.0 Å². The van der Waals surface area contributed by atoms with Gasteiger partial charge in [0.25, 0.3) is 0 Å². The first-order chi connectivity index (χ1) is 10.6. The minimum atomic E-state index is 0.145. The van der Waals surface area contributed by atoms with Crippen LogP contribution in [0.15, 0.2) is 24.3 Å². The minimum absolute atomic E-state index is 0.145. The van der Waals surface area contributed by atoms with Gasteiger partial charge in [0.1, 0.15) is 5.75 Å². The summed E-state index contributed by atoms with van der Waals surface area (Å²) in [6.45, 7) is 4.84. The number of hydrogen-bond acceptors (Lipinski definition) is 2. The standard InChI is InChI=1S/C20H28O2/c1-14(2)18-3-5-19(6-4-18)21-13-22-20-10-15-7-16(11-20)9-17(8-15)12-20/h3-6,14-17H,7-13H2,1-2H3. The van der Waals surface area contributed by atoms with Crippen LogP contribution >= 0.6 is 0 Å². The zero-order valence-corrected chi connectivity index (χ0v) is 13.9. The van der Waals surface area contributed by atoms with Crippen molar-refractivity contribution >= 4 is 0 Å². The van der Waals surface area contributed by atoms with E-state index < -0.39 is 0 Å². The van der Waals surface area contributed by atoms with Gasteiger partial charge in [-0.2, -0.15) is 0 Å². The van der Waals surface area contributed by atoms with E-state index in [1.165, 1.54) is 44.1 Å². The van der Waals surface area contributed by atoms with E-state index in [0.717, 1.165) is 23.5 Å². The van der Waals surface area contributed by atoms with Crippen molar-refractivity contribution in [1.82, 2.24) is 0 Å². The molecule has 2 nitrogen and oxygen atoms in total. The lowest BCUT2D eigenvalue weighted by Crippen LogP contribution is -2.52. The van der Waals surface area contributed by atoms with E-state index in [1.807, 2.05) is 0 Å². The highest BCUT2D eigenvalue weighted by molar-refractivity contribution is 5.28. The van der Waals surface area contributed by atoms with Crippen molar-refractivity contribution in [2.45, 2.75) is 63.9 Å². The van der Waals surface area contributed by atoms with Gasteiger partial charge in [-0.05, 0) is 79.9 Å². The van der Waals surface area contributed by atoms with Gasteiger partial charge in [-0.25, -0.2) is 0 Å². The molecule has 0 N–H and O–H groups in total. The summed E-state index contributed by atoms with van der Waals surface area (Å²) in [6, 6.07) is 8.45. The Morgan fingerprint density at radius 2 is 1.50 bits per heavy atom. The normalized spacial score (nSPS) is 36.0. The van der Waals surface area contributed by atoms with Crippen molar-refractivity contribution in [2.24, 2.45) is 17.8 Å². The Labute approximate surface area is 134 Å². The van der Waals surface area contributed by atoms with Gasteiger partial charge in [0, 0.05) is 0 Å². The highest BCUT2D eigenvalue weighted by Gasteiger charge is 2.51. The third kappa shape index (κ3) is 2.78. The smallest absolute Gasteiger partial charge is 0.189 e. The SMILES string of the molecule is CC(C)c1ccc(OCOC23CC4CC(CC(C4)C2)C3)cc1. The molecule has 4 fully saturated rings. The monoisotopic (exact) mass is 300 g/mol. The Kier molecular flexibility index (Phi) is 3.68. The molecule has 4 saturated carbocycles. The first-order valence-corrected chi connectivity index (χ1v) is 8.99. The van der Waals surface area contributed by atoms with Crippen LogP contribution in [0.25, 0.3) is 0 Å². The van der Waals surface area contributed by atoms with Gasteiger partial charge in [0.2, 0.25) is 0 Å². The molecule has 4 aliphatic carbocycles. The Bertz CT molecular complexity index is 482. The fraction of sp³-hybridized carbons (Fsp3) is 0.700. The molecule has 2 heteroatoms. The largest absolute Gasteiger partial charge is 0.468 e. The second kappa shape index (κ2) is 5.56. The molecular weight excluding hydrogens is 272 g/mol. The molecule has 1 aromatic rings. The summed E-state index contributed by atoms with van der Waals surface area (Å²) in [4.78, 5) is 0.